The molecule has 2 N–H and O–H groups in total. The molecule has 0 saturated carbocycles. The molecule has 4 rings (SSSR count). The van der Waals surface area contributed by atoms with E-state index in [9.17, 15) is 4.39 Å². The monoisotopic (exact) mass is 522 g/mol. The highest BCUT2D eigenvalue weighted by Crippen LogP contribution is 2.20. The van der Waals surface area contributed by atoms with Gasteiger partial charge in [-0.15, -0.1) is 24.0 Å². The fraction of sp³-hybridized carbons (Fsp3) is 0.300. The molecule has 0 aliphatic carbocycles. The van der Waals surface area contributed by atoms with Gasteiger partial charge in [0, 0.05) is 57.5 Å². The first-order chi connectivity index (χ1) is 14.2. The minimum atomic E-state index is -0.290. The van der Waals surface area contributed by atoms with Crippen LogP contribution in [0.25, 0.3) is 5.82 Å². The molecule has 1 fully saturated rings. The summed E-state index contributed by atoms with van der Waals surface area (Å²) in [5.74, 6) is 1.58. The van der Waals surface area contributed by atoms with Crippen LogP contribution in [0.4, 0.5) is 10.2 Å². The van der Waals surface area contributed by atoms with Crippen LogP contribution in [0.1, 0.15) is 12.0 Å². The van der Waals surface area contributed by atoms with E-state index in [1.54, 1.807) is 36.4 Å². The normalized spacial score (nSPS) is 16.3. The van der Waals surface area contributed by atoms with Gasteiger partial charge in [0.1, 0.15) is 0 Å². The van der Waals surface area contributed by atoms with E-state index in [1.807, 2.05) is 29.3 Å². The molecule has 8 nitrogen and oxygen atoms in total. The van der Waals surface area contributed by atoms with E-state index in [1.165, 1.54) is 6.07 Å². The van der Waals surface area contributed by atoms with Crippen LogP contribution in [0.15, 0.2) is 60.1 Å². The number of rotatable bonds is 5. The second-order valence-corrected chi connectivity index (χ2v) is 6.78. The molecule has 1 saturated heterocycles. The molecule has 4 heterocycles. The van der Waals surface area contributed by atoms with Crippen LogP contribution in [-0.2, 0) is 6.54 Å². The van der Waals surface area contributed by atoms with Crippen LogP contribution in [0.2, 0.25) is 0 Å². The Balaban J connectivity index is 0.00000256. The number of hydrogen-bond donors (Lipinski definition) is 2. The molecule has 0 amide bonds. The van der Waals surface area contributed by atoms with Gasteiger partial charge in [0.15, 0.2) is 23.4 Å². The number of guanidine groups is 1. The maximum atomic E-state index is 14.0. The van der Waals surface area contributed by atoms with Crippen molar-refractivity contribution in [2.75, 3.05) is 25.0 Å². The first-order valence-electron chi connectivity index (χ1n) is 9.50. The second kappa shape index (κ2) is 10.3. The third kappa shape index (κ3) is 5.23. The molecule has 10 heteroatoms. The summed E-state index contributed by atoms with van der Waals surface area (Å²) in [6.45, 7) is 2.02. The van der Waals surface area contributed by atoms with E-state index in [0.717, 1.165) is 24.3 Å². The van der Waals surface area contributed by atoms with Crippen molar-refractivity contribution in [2.45, 2.75) is 19.0 Å². The molecular weight excluding hydrogens is 498 g/mol. The highest BCUT2D eigenvalue weighted by molar-refractivity contribution is 14.0. The lowest BCUT2D eigenvalue weighted by atomic mass is 10.2. The van der Waals surface area contributed by atoms with E-state index in [2.05, 4.69) is 30.7 Å². The molecular formula is C20H24FIN8. The summed E-state index contributed by atoms with van der Waals surface area (Å²) in [6.07, 6.45) is 7.85. The van der Waals surface area contributed by atoms with Gasteiger partial charge in [0.2, 0.25) is 0 Å². The molecule has 1 aliphatic heterocycles. The van der Waals surface area contributed by atoms with Crippen molar-refractivity contribution in [3.8, 4) is 5.82 Å². The van der Waals surface area contributed by atoms with Crippen molar-refractivity contribution in [1.82, 2.24) is 30.4 Å². The van der Waals surface area contributed by atoms with Crippen molar-refractivity contribution >= 4 is 35.8 Å². The first kappa shape index (κ1) is 21.9. The maximum absolute atomic E-state index is 14.0. The lowest BCUT2D eigenvalue weighted by Gasteiger charge is -2.20. The number of pyridine rings is 2. The fourth-order valence-corrected chi connectivity index (χ4v) is 3.35. The van der Waals surface area contributed by atoms with Crippen molar-refractivity contribution in [1.29, 1.82) is 0 Å². The molecule has 0 spiro atoms. The van der Waals surface area contributed by atoms with Gasteiger partial charge in [-0.05, 0) is 42.3 Å². The van der Waals surface area contributed by atoms with Crippen LogP contribution >= 0.6 is 24.0 Å². The van der Waals surface area contributed by atoms with E-state index < -0.39 is 0 Å². The minimum absolute atomic E-state index is 0. The number of anilines is 1. The van der Waals surface area contributed by atoms with Gasteiger partial charge >= 0.3 is 0 Å². The van der Waals surface area contributed by atoms with Gasteiger partial charge in [0.05, 0.1) is 0 Å². The Kier molecular flexibility index (Phi) is 7.55. The van der Waals surface area contributed by atoms with Gasteiger partial charge in [-0.1, -0.05) is 0 Å². The third-order valence-electron chi connectivity index (χ3n) is 4.80. The molecule has 3 aromatic rings. The topological polar surface area (TPSA) is 83.3 Å². The van der Waals surface area contributed by atoms with Crippen LogP contribution < -0.4 is 15.5 Å². The zero-order valence-electron chi connectivity index (χ0n) is 16.6. The fourth-order valence-electron chi connectivity index (χ4n) is 3.35. The quantitative estimate of drug-likeness (QED) is 0.304. The predicted octanol–water partition coefficient (Wildman–Crippen LogP) is 2.36. The highest BCUT2D eigenvalue weighted by atomic mass is 127. The van der Waals surface area contributed by atoms with Crippen molar-refractivity contribution in [3.63, 3.8) is 0 Å². The molecule has 30 heavy (non-hydrogen) atoms. The molecule has 1 unspecified atom stereocenters. The Morgan fingerprint density at radius 3 is 2.90 bits per heavy atom. The van der Waals surface area contributed by atoms with Gasteiger partial charge in [-0.2, -0.15) is 5.10 Å². The molecule has 0 aromatic carbocycles. The van der Waals surface area contributed by atoms with Gasteiger partial charge in [0.25, 0.3) is 0 Å². The summed E-state index contributed by atoms with van der Waals surface area (Å²) >= 11 is 0. The average molecular weight is 522 g/mol. The Morgan fingerprint density at radius 1 is 1.23 bits per heavy atom. The zero-order valence-corrected chi connectivity index (χ0v) is 18.9. The van der Waals surface area contributed by atoms with Crippen LogP contribution in [0, 0.1) is 5.82 Å². The average Bonchev–Trinajstić information content (AvgIpc) is 3.44. The van der Waals surface area contributed by atoms with Crippen molar-refractivity contribution in [3.05, 3.63) is 66.5 Å². The summed E-state index contributed by atoms with van der Waals surface area (Å²) in [7, 11) is 1.74. The summed E-state index contributed by atoms with van der Waals surface area (Å²) < 4.78 is 15.7. The zero-order chi connectivity index (χ0) is 20.1. The summed E-state index contributed by atoms with van der Waals surface area (Å²) in [4.78, 5) is 14.8. The molecule has 0 radical (unpaired) electrons. The number of halogens is 2. The third-order valence-corrected chi connectivity index (χ3v) is 4.80. The maximum Gasteiger partial charge on any atom is 0.191 e. The van der Waals surface area contributed by atoms with Crippen molar-refractivity contribution in [2.24, 2.45) is 4.99 Å². The highest BCUT2D eigenvalue weighted by Gasteiger charge is 2.25. The smallest absolute Gasteiger partial charge is 0.191 e. The standard InChI is InChI=1S/C20H23FN8.HI/c1-22-20(25-13-15-5-9-23-18(12-15)29-10-3-8-26-29)27-16-6-11-28(14-16)19-17(21)4-2-7-24-19;/h2-5,7-10,12,16H,6,11,13-14H2,1H3,(H2,22,25,27);1H. The lowest BCUT2D eigenvalue weighted by molar-refractivity contribution is 0.612. The van der Waals surface area contributed by atoms with Crippen LogP contribution in [-0.4, -0.2) is 51.9 Å². The van der Waals surface area contributed by atoms with Gasteiger partial charge < -0.3 is 15.5 Å². The van der Waals surface area contributed by atoms with Crippen LogP contribution in [0.5, 0.6) is 0 Å². The van der Waals surface area contributed by atoms with E-state index in [-0.39, 0.29) is 35.8 Å². The molecule has 3 aromatic heterocycles. The predicted molar refractivity (Wildman–Crippen MR) is 125 cm³/mol. The van der Waals surface area contributed by atoms with E-state index in [0.29, 0.717) is 24.9 Å². The Morgan fingerprint density at radius 2 is 2.13 bits per heavy atom. The minimum Gasteiger partial charge on any atom is -0.352 e. The first-order valence-corrected chi connectivity index (χ1v) is 9.50. The number of hydrogen-bond acceptors (Lipinski definition) is 5. The lowest BCUT2D eigenvalue weighted by Crippen LogP contribution is -2.44. The summed E-state index contributed by atoms with van der Waals surface area (Å²) in [5, 5.41) is 10.9. The Hall–Kier alpha value is -2.76. The molecule has 1 atom stereocenters. The summed E-state index contributed by atoms with van der Waals surface area (Å²) in [6, 6.07) is 9.01. The van der Waals surface area contributed by atoms with Gasteiger partial charge in [-0.25, -0.2) is 19.0 Å². The largest absolute Gasteiger partial charge is 0.352 e. The second-order valence-electron chi connectivity index (χ2n) is 6.78. The van der Waals surface area contributed by atoms with Crippen molar-refractivity contribution < 1.29 is 4.39 Å². The SMILES string of the molecule is CN=C(NCc1ccnc(-n2cccn2)c1)NC1CCN(c2ncccc2F)C1.I. The number of nitrogens with zero attached hydrogens (tertiary/aromatic N) is 6. The van der Waals surface area contributed by atoms with Gasteiger partial charge in [-0.3, -0.25) is 4.99 Å². The molecule has 158 valence electrons. The van der Waals surface area contributed by atoms with E-state index in [4.69, 9.17) is 0 Å². The number of aliphatic imine (C=N–C) groups is 1. The summed E-state index contributed by atoms with van der Waals surface area (Å²) in [5.41, 5.74) is 1.07. The number of nitrogens with one attached hydrogen (secondary N) is 2. The number of aromatic nitrogens is 4. The Labute approximate surface area is 191 Å². The molecule has 0 bridgehead atoms. The molecule has 1 aliphatic rings. The Bertz CT molecular complexity index is 978. The van der Waals surface area contributed by atoms with Crippen LogP contribution in [0.3, 0.4) is 0 Å². The van der Waals surface area contributed by atoms with E-state index >= 15 is 0 Å².